The predicted molar refractivity (Wildman–Crippen MR) is 85.1 cm³/mol. The standard InChI is InChI=1S/C18H36/c1-5-7-9-11-13-17(3)15-16-18(4)14-12-10-8-6-2/h18H,3,5-16H2,1-2,4H3. The van der Waals surface area contributed by atoms with Crippen molar-refractivity contribution in [2.45, 2.75) is 97.8 Å². The van der Waals surface area contributed by atoms with Crippen molar-refractivity contribution < 1.29 is 0 Å². The number of hydrogen-bond acceptors (Lipinski definition) is 0. The summed E-state index contributed by atoms with van der Waals surface area (Å²) >= 11 is 0. The maximum atomic E-state index is 4.23. The van der Waals surface area contributed by atoms with E-state index in [2.05, 4.69) is 27.4 Å². The lowest BCUT2D eigenvalue weighted by Gasteiger charge is -2.12. The second-order valence-electron chi connectivity index (χ2n) is 6.05. The Bertz CT molecular complexity index is 180. The molecule has 0 aromatic heterocycles. The molecule has 0 nitrogen and oxygen atoms in total. The molecule has 0 aromatic rings. The highest BCUT2D eigenvalue weighted by molar-refractivity contribution is 4.93. The van der Waals surface area contributed by atoms with Gasteiger partial charge in [-0.15, -0.1) is 0 Å². The molecule has 0 aromatic carbocycles. The third kappa shape index (κ3) is 12.2. The molecule has 1 atom stereocenters. The van der Waals surface area contributed by atoms with Gasteiger partial charge in [-0.3, -0.25) is 0 Å². The monoisotopic (exact) mass is 252 g/mol. The first-order chi connectivity index (χ1) is 8.70. The number of allylic oxidation sites excluding steroid dienone is 1. The predicted octanol–water partition coefficient (Wildman–Crippen LogP) is 6.90. The molecule has 0 spiro atoms. The van der Waals surface area contributed by atoms with E-state index in [4.69, 9.17) is 0 Å². The van der Waals surface area contributed by atoms with Crippen LogP contribution in [0, 0.1) is 5.92 Å². The van der Waals surface area contributed by atoms with Crippen LogP contribution in [0.2, 0.25) is 0 Å². The fourth-order valence-electron chi connectivity index (χ4n) is 2.44. The summed E-state index contributed by atoms with van der Waals surface area (Å²) in [6, 6.07) is 0. The molecule has 0 fully saturated rings. The molecule has 0 bridgehead atoms. The van der Waals surface area contributed by atoms with Crippen molar-refractivity contribution in [1.82, 2.24) is 0 Å². The Kier molecular flexibility index (Phi) is 13.0. The van der Waals surface area contributed by atoms with E-state index >= 15 is 0 Å². The average molecular weight is 252 g/mol. The highest BCUT2D eigenvalue weighted by Gasteiger charge is 2.03. The Morgan fingerprint density at radius 1 is 0.778 bits per heavy atom. The SMILES string of the molecule is C=C(CCCCCC)CCC(C)CCCCCC. The Hall–Kier alpha value is -0.260. The van der Waals surface area contributed by atoms with Crippen LogP contribution < -0.4 is 0 Å². The second-order valence-corrected chi connectivity index (χ2v) is 6.05. The number of hydrogen-bond donors (Lipinski definition) is 0. The van der Waals surface area contributed by atoms with Crippen LogP contribution in [0.1, 0.15) is 97.8 Å². The minimum absolute atomic E-state index is 0.897. The van der Waals surface area contributed by atoms with Crippen LogP contribution in [0.5, 0.6) is 0 Å². The van der Waals surface area contributed by atoms with Gasteiger partial charge in [0.1, 0.15) is 0 Å². The van der Waals surface area contributed by atoms with Crippen LogP contribution in [-0.4, -0.2) is 0 Å². The van der Waals surface area contributed by atoms with Gasteiger partial charge in [0.05, 0.1) is 0 Å². The Morgan fingerprint density at radius 3 is 2.00 bits per heavy atom. The summed E-state index contributed by atoms with van der Waals surface area (Å²) in [6.45, 7) is 11.2. The molecule has 0 radical (unpaired) electrons. The summed E-state index contributed by atoms with van der Waals surface area (Å²) in [5.41, 5.74) is 1.49. The maximum Gasteiger partial charge on any atom is -0.0320 e. The van der Waals surface area contributed by atoms with Gasteiger partial charge in [0.15, 0.2) is 0 Å². The van der Waals surface area contributed by atoms with Gasteiger partial charge in [-0.1, -0.05) is 84.3 Å². The van der Waals surface area contributed by atoms with E-state index in [1.54, 1.807) is 0 Å². The van der Waals surface area contributed by atoms with Crippen LogP contribution in [-0.2, 0) is 0 Å². The molecule has 0 aliphatic rings. The largest absolute Gasteiger partial charge is 0.0999 e. The smallest absolute Gasteiger partial charge is 0.0320 e. The molecule has 0 N–H and O–H groups in total. The topological polar surface area (TPSA) is 0 Å². The lowest BCUT2D eigenvalue weighted by Crippen LogP contribution is -1.96. The van der Waals surface area contributed by atoms with Crippen molar-refractivity contribution >= 4 is 0 Å². The molecule has 0 heteroatoms. The summed E-state index contributed by atoms with van der Waals surface area (Å²) in [6.07, 6.45) is 16.4. The first kappa shape index (κ1) is 17.7. The molecule has 1 unspecified atom stereocenters. The van der Waals surface area contributed by atoms with Crippen LogP contribution in [0.15, 0.2) is 12.2 Å². The van der Waals surface area contributed by atoms with Crippen molar-refractivity contribution in [2.75, 3.05) is 0 Å². The molecule has 0 heterocycles. The van der Waals surface area contributed by atoms with E-state index in [0.717, 1.165) is 5.92 Å². The fraction of sp³-hybridized carbons (Fsp3) is 0.889. The van der Waals surface area contributed by atoms with E-state index in [1.165, 1.54) is 82.6 Å². The van der Waals surface area contributed by atoms with E-state index in [0.29, 0.717) is 0 Å². The quantitative estimate of drug-likeness (QED) is 0.247. The third-order valence-electron chi connectivity index (χ3n) is 3.93. The van der Waals surface area contributed by atoms with Crippen LogP contribution >= 0.6 is 0 Å². The number of unbranched alkanes of at least 4 members (excludes halogenated alkanes) is 6. The lowest BCUT2D eigenvalue weighted by molar-refractivity contribution is 0.456. The maximum absolute atomic E-state index is 4.23. The van der Waals surface area contributed by atoms with Gasteiger partial charge < -0.3 is 0 Å². The van der Waals surface area contributed by atoms with Crippen molar-refractivity contribution in [3.05, 3.63) is 12.2 Å². The third-order valence-corrected chi connectivity index (χ3v) is 3.93. The van der Waals surface area contributed by atoms with Gasteiger partial charge in [-0.25, -0.2) is 0 Å². The van der Waals surface area contributed by atoms with E-state index in [-0.39, 0.29) is 0 Å². The average Bonchev–Trinajstić information content (AvgIpc) is 2.37. The van der Waals surface area contributed by atoms with Crippen LogP contribution in [0.3, 0.4) is 0 Å². The van der Waals surface area contributed by atoms with Crippen LogP contribution in [0.4, 0.5) is 0 Å². The highest BCUT2D eigenvalue weighted by atomic mass is 14.1. The highest BCUT2D eigenvalue weighted by Crippen LogP contribution is 2.20. The summed E-state index contributed by atoms with van der Waals surface area (Å²) in [5.74, 6) is 0.897. The first-order valence-electron chi connectivity index (χ1n) is 8.37. The zero-order valence-electron chi connectivity index (χ0n) is 13.3. The minimum atomic E-state index is 0.897. The van der Waals surface area contributed by atoms with Crippen molar-refractivity contribution in [1.29, 1.82) is 0 Å². The Balaban J connectivity index is 3.35. The molecule has 0 rings (SSSR count). The molecular weight excluding hydrogens is 216 g/mol. The summed E-state index contributed by atoms with van der Waals surface area (Å²) in [5, 5.41) is 0. The van der Waals surface area contributed by atoms with Gasteiger partial charge in [-0.2, -0.15) is 0 Å². The molecule has 0 saturated heterocycles. The minimum Gasteiger partial charge on any atom is -0.0999 e. The molecule has 0 aliphatic heterocycles. The zero-order chi connectivity index (χ0) is 13.6. The van der Waals surface area contributed by atoms with Crippen molar-refractivity contribution in [3.63, 3.8) is 0 Å². The lowest BCUT2D eigenvalue weighted by atomic mass is 9.94. The first-order valence-corrected chi connectivity index (χ1v) is 8.37. The van der Waals surface area contributed by atoms with Crippen molar-refractivity contribution in [2.24, 2.45) is 5.92 Å². The molecule has 0 aliphatic carbocycles. The molecule has 0 saturated carbocycles. The van der Waals surface area contributed by atoms with Gasteiger partial charge in [-0.05, 0) is 31.6 Å². The Morgan fingerprint density at radius 2 is 1.39 bits per heavy atom. The van der Waals surface area contributed by atoms with Gasteiger partial charge >= 0.3 is 0 Å². The molecule has 108 valence electrons. The summed E-state index contributed by atoms with van der Waals surface area (Å²) in [4.78, 5) is 0. The molecular formula is C18H36. The molecule has 18 heavy (non-hydrogen) atoms. The van der Waals surface area contributed by atoms with Crippen molar-refractivity contribution in [3.8, 4) is 0 Å². The number of rotatable bonds is 13. The second kappa shape index (κ2) is 13.2. The van der Waals surface area contributed by atoms with Gasteiger partial charge in [0.25, 0.3) is 0 Å². The zero-order valence-corrected chi connectivity index (χ0v) is 13.3. The van der Waals surface area contributed by atoms with Gasteiger partial charge in [0.2, 0.25) is 0 Å². The normalized spacial score (nSPS) is 12.6. The van der Waals surface area contributed by atoms with E-state index < -0.39 is 0 Å². The van der Waals surface area contributed by atoms with Crippen LogP contribution in [0.25, 0.3) is 0 Å². The summed E-state index contributed by atoms with van der Waals surface area (Å²) in [7, 11) is 0. The van der Waals surface area contributed by atoms with E-state index in [1.807, 2.05) is 0 Å². The fourth-order valence-corrected chi connectivity index (χ4v) is 2.44. The Labute approximate surface area is 116 Å². The molecule has 0 amide bonds. The van der Waals surface area contributed by atoms with Gasteiger partial charge in [0, 0.05) is 0 Å². The van der Waals surface area contributed by atoms with E-state index in [9.17, 15) is 0 Å². The summed E-state index contributed by atoms with van der Waals surface area (Å²) < 4.78 is 0.